The van der Waals surface area contributed by atoms with E-state index in [-0.39, 0.29) is 11.1 Å². The van der Waals surface area contributed by atoms with Crippen LogP contribution < -0.4 is 5.73 Å². The number of hydrogen-bond acceptors (Lipinski definition) is 3. The maximum absolute atomic E-state index is 6.21. The first kappa shape index (κ1) is 15.3. The smallest absolute Gasteiger partial charge is 0.0757 e. The number of nitrogens with zero attached hydrogens (tertiary/aromatic N) is 1. The lowest BCUT2D eigenvalue weighted by Gasteiger charge is -2.53. The van der Waals surface area contributed by atoms with Crippen LogP contribution in [0.3, 0.4) is 0 Å². The monoisotopic (exact) mass is 268 g/mol. The van der Waals surface area contributed by atoms with Crippen LogP contribution in [0.15, 0.2) is 0 Å². The van der Waals surface area contributed by atoms with Crippen LogP contribution >= 0.6 is 0 Å². The molecule has 1 atom stereocenters. The number of rotatable bonds is 3. The molecule has 0 bridgehead atoms. The summed E-state index contributed by atoms with van der Waals surface area (Å²) in [6.45, 7) is 11.8. The van der Waals surface area contributed by atoms with E-state index in [1.807, 2.05) is 0 Å². The molecule has 0 aromatic carbocycles. The summed E-state index contributed by atoms with van der Waals surface area (Å²) in [5.74, 6) is 0.922. The van der Waals surface area contributed by atoms with Gasteiger partial charge in [0.25, 0.3) is 0 Å². The van der Waals surface area contributed by atoms with Crippen molar-refractivity contribution in [3.05, 3.63) is 0 Å². The summed E-state index contributed by atoms with van der Waals surface area (Å²) in [5.41, 5.74) is 6.40. The van der Waals surface area contributed by atoms with Crippen molar-refractivity contribution < 1.29 is 4.74 Å². The summed E-state index contributed by atoms with van der Waals surface area (Å²) >= 11 is 0. The van der Waals surface area contributed by atoms with Gasteiger partial charge in [-0.05, 0) is 52.4 Å². The second-order valence-corrected chi connectivity index (χ2v) is 7.35. The first-order chi connectivity index (χ1) is 8.91. The van der Waals surface area contributed by atoms with E-state index in [2.05, 4.69) is 32.6 Å². The Hall–Kier alpha value is -0.120. The average Bonchev–Trinajstić information content (AvgIpc) is 2.36. The molecule has 1 aliphatic heterocycles. The third kappa shape index (κ3) is 3.32. The largest absolute Gasteiger partial charge is 0.370 e. The summed E-state index contributed by atoms with van der Waals surface area (Å²) in [5, 5.41) is 0. The van der Waals surface area contributed by atoms with Crippen LogP contribution in [0.1, 0.15) is 59.8 Å². The van der Waals surface area contributed by atoms with Crippen molar-refractivity contribution in [3.63, 3.8) is 0 Å². The van der Waals surface area contributed by atoms with Crippen LogP contribution in [0.25, 0.3) is 0 Å². The highest BCUT2D eigenvalue weighted by atomic mass is 16.5. The molecule has 1 aliphatic carbocycles. The Morgan fingerprint density at radius 2 is 1.89 bits per heavy atom. The van der Waals surface area contributed by atoms with E-state index >= 15 is 0 Å². The van der Waals surface area contributed by atoms with E-state index in [1.165, 1.54) is 32.1 Å². The fraction of sp³-hybridized carbons (Fsp3) is 1.00. The van der Waals surface area contributed by atoms with Crippen molar-refractivity contribution >= 4 is 0 Å². The van der Waals surface area contributed by atoms with Crippen LogP contribution in [0.5, 0.6) is 0 Å². The highest BCUT2D eigenvalue weighted by molar-refractivity contribution is 4.99. The molecule has 1 saturated heterocycles. The van der Waals surface area contributed by atoms with Gasteiger partial charge < -0.3 is 10.5 Å². The normalized spacial score (nSPS) is 40.3. The van der Waals surface area contributed by atoms with Crippen LogP contribution in [-0.2, 0) is 4.74 Å². The van der Waals surface area contributed by atoms with Gasteiger partial charge in [-0.25, -0.2) is 0 Å². The summed E-state index contributed by atoms with van der Waals surface area (Å²) in [6, 6.07) is 0. The quantitative estimate of drug-likeness (QED) is 0.855. The Balaban J connectivity index is 2.08. The maximum Gasteiger partial charge on any atom is 0.0757 e. The van der Waals surface area contributed by atoms with Crippen molar-refractivity contribution in [2.24, 2.45) is 11.7 Å². The van der Waals surface area contributed by atoms with Crippen molar-refractivity contribution in [1.82, 2.24) is 4.90 Å². The highest BCUT2D eigenvalue weighted by Gasteiger charge is 2.44. The zero-order chi connectivity index (χ0) is 14.1. The van der Waals surface area contributed by atoms with E-state index in [4.69, 9.17) is 10.5 Å². The van der Waals surface area contributed by atoms with Crippen LogP contribution in [0.2, 0.25) is 0 Å². The Kier molecular flexibility index (Phi) is 4.59. The van der Waals surface area contributed by atoms with Crippen molar-refractivity contribution in [1.29, 1.82) is 0 Å². The second kappa shape index (κ2) is 5.71. The molecular weight excluding hydrogens is 236 g/mol. The van der Waals surface area contributed by atoms with Gasteiger partial charge >= 0.3 is 0 Å². The highest BCUT2D eigenvalue weighted by Crippen LogP contribution is 2.39. The standard InChI is InChI=1S/C16H32N2O/c1-5-14-6-8-16(11-17,9-7-14)18-10-13(2)19-15(3,4)12-18/h13-14H,5-12,17H2,1-4H3. The molecule has 3 nitrogen and oxygen atoms in total. The first-order valence-corrected chi connectivity index (χ1v) is 8.04. The molecule has 2 rings (SSSR count). The van der Waals surface area contributed by atoms with Crippen molar-refractivity contribution in [2.75, 3.05) is 19.6 Å². The second-order valence-electron chi connectivity index (χ2n) is 7.35. The van der Waals surface area contributed by atoms with Gasteiger partial charge in [0, 0.05) is 25.2 Å². The van der Waals surface area contributed by atoms with E-state index in [0.29, 0.717) is 6.10 Å². The van der Waals surface area contributed by atoms with Gasteiger partial charge in [-0.3, -0.25) is 4.90 Å². The van der Waals surface area contributed by atoms with Gasteiger partial charge in [0.1, 0.15) is 0 Å². The Morgan fingerprint density at radius 1 is 1.26 bits per heavy atom. The number of hydrogen-bond donors (Lipinski definition) is 1. The molecular formula is C16H32N2O. The van der Waals surface area contributed by atoms with Gasteiger partial charge in [0.2, 0.25) is 0 Å². The molecule has 2 aliphatic rings. The molecule has 0 spiro atoms. The molecule has 1 unspecified atom stereocenters. The first-order valence-electron chi connectivity index (χ1n) is 8.04. The molecule has 0 aromatic rings. The van der Waals surface area contributed by atoms with Crippen LogP contribution in [0, 0.1) is 5.92 Å². The average molecular weight is 268 g/mol. The van der Waals surface area contributed by atoms with E-state index in [0.717, 1.165) is 25.6 Å². The van der Waals surface area contributed by atoms with Gasteiger partial charge in [0.15, 0.2) is 0 Å². The molecule has 1 heterocycles. The minimum Gasteiger partial charge on any atom is -0.370 e. The molecule has 2 N–H and O–H groups in total. The molecule has 0 radical (unpaired) electrons. The third-order valence-corrected chi connectivity index (χ3v) is 5.23. The molecule has 3 heteroatoms. The van der Waals surface area contributed by atoms with Crippen molar-refractivity contribution in [3.8, 4) is 0 Å². The zero-order valence-corrected chi connectivity index (χ0v) is 13.2. The lowest BCUT2D eigenvalue weighted by molar-refractivity contribution is -0.158. The number of nitrogens with two attached hydrogens (primary N) is 1. The summed E-state index contributed by atoms with van der Waals surface area (Å²) < 4.78 is 6.04. The lowest BCUT2D eigenvalue weighted by Crippen LogP contribution is -2.64. The Labute approximate surface area is 118 Å². The number of ether oxygens (including phenoxy) is 1. The minimum absolute atomic E-state index is 0.0402. The molecule has 0 aromatic heterocycles. The summed E-state index contributed by atoms with van der Waals surface area (Å²) in [6.07, 6.45) is 6.87. The Morgan fingerprint density at radius 3 is 2.37 bits per heavy atom. The topological polar surface area (TPSA) is 38.5 Å². The maximum atomic E-state index is 6.21. The third-order valence-electron chi connectivity index (χ3n) is 5.23. The van der Waals surface area contributed by atoms with Crippen LogP contribution in [-0.4, -0.2) is 41.8 Å². The fourth-order valence-electron chi connectivity index (χ4n) is 4.09. The predicted octanol–water partition coefficient (Wildman–Crippen LogP) is 2.78. The van der Waals surface area contributed by atoms with Crippen molar-refractivity contribution in [2.45, 2.75) is 77.0 Å². The van der Waals surface area contributed by atoms with E-state index in [9.17, 15) is 0 Å². The Bertz CT molecular complexity index is 295. The molecule has 0 amide bonds. The van der Waals surface area contributed by atoms with E-state index in [1.54, 1.807) is 0 Å². The molecule has 2 fully saturated rings. The minimum atomic E-state index is -0.0402. The molecule has 19 heavy (non-hydrogen) atoms. The summed E-state index contributed by atoms with van der Waals surface area (Å²) in [7, 11) is 0. The SMILES string of the molecule is CCC1CCC(CN)(N2CC(C)OC(C)(C)C2)CC1. The summed E-state index contributed by atoms with van der Waals surface area (Å²) in [4.78, 5) is 2.65. The number of morpholine rings is 1. The lowest BCUT2D eigenvalue weighted by atomic mass is 9.74. The van der Waals surface area contributed by atoms with Gasteiger partial charge in [0.05, 0.1) is 11.7 Å². The predicted molar refractivity (Wildman–Crippen MR) is 80.2 cm³/mol. The van der Waals surface area contributed by atoms with Crippen LogP contribution in [0.4, 0.5) is 0 Å². The van der Waals surface area contributed by atoms with Gasteiger partial charge in [-0.2, -0.15) is 0 Å². The van der Waals surface area contributed by atoms with Gasteiger partial charge in [-0.15, -0.1) is 0 Å². The van der Waals surface area contributed by atoms with Gasteiger partial charge in [-0.1, -0.05) is 13.3 Å². The van der Waals surface area contributed by atoms with E-state index < -0.39 is 0 Å². The molecule has 112 valence electrons. The zero-order valence-electron chi connectivity index (χ0n) is 13.2. The molecule has 1 saturated carbocycles. The fourth-order valence-corrected chi connectivity index (χ4v) is 4.09.